The van der Waals surface area contributed by atoms with Crippen LogP contribution in [0.25, 0.3) is 11.0 Å². The molecule has 1 aromatic heterocycles. The van der Waals surface area contributed by atoms with Crippen molar-refractivity contribution < 1.29 is 29.0 Å². The van der Waals surface area contributed by atoms with Crippen molar-refractivity contribution in [3.63, 3.8) is 0 Å². The van der Waals surface area contributed by atoms with E-state index in [9.17, 15) is 19.5 Å². The number of likely N-dealkylation sites (tertiary alicyclic amines) is 1. The van der Waals surface area contributed by atoms with Crippen molar-refractivity contribution in [3.8, 4) is 5.75 Å². The van der Waals surface area contributed by atoms with E-state index < -0.39 is 35.1 Å². The minimum atomic E-state index is -1.30. The molecule has 0 saturated carbocycles. The number of hydrogen-bond donors (Lipinski definition) is 1. The van der Waals surface area contributed by atoms with Crippen molar-refractivity contribution in [1.82, 2.24) is 24.8 Å². The molecule has 3 amide bonds. The summed E-state index contributed by atoms with van der Waals surface area (Å²) in [4.78, 5) is 49.0. The number of carbonyl (C=O) groups is 3. The Labute approximate surface area is 280 Å². The maximum absolute atomic E-state index is 14.9. The highest BCUT2D eigenvalue weighted by Gasteiger charge is 2.80. The van der Waals surface area contributed by atoms with Crippen LogP contribution in [-0.2, 0) is 25.8 Å². The molecule has 12 nitrogen and oxygen atoms in total. The second-order valence-electron chi connectivity index (χ2n) is 13.2. The first-order valence-electron chi connectivity index (χ1n) is 16.5. The largest absolute Gasteiger partial charge is 0.494 e. The lowest BCUT2D eigenvalue weighted by Crippen LogP contribution is -2.58. The SMILES string of the molecule is C=CCN(Cn1nnc2ccccc21)C(=O)C1N([C@H](C)CO)C(=O)[C@@H]2[C@@H](C(=O)N(CC=C)c3ccc(OCC)cc3)[C@]3(C)OC12CC3C. The molecule has 12 heteroatoms. The maximum atomic E-state index is 14.9. The summed E-state index contributed by atoms with van der Waals surface area (Å²) in [6.45, 7) is 15.8. The van der Waals surface area contributed by atoms with Gasteiger partial charge < -0.3 is 29.3 Å². The summed E-state index contributed by atoms with van der Waals surface area (Å²) >= 11 is 0. The molecule has 3 aliphatic rings. The normalized spacial score (nSPS) is 27.9. The summed E-state index contributed by atoms with van der Waals surface area (Å²) in [7, 11) is 0. The van der Waals surface area contributed by atoms with E-state index in [2.05, 4.69) is 23.5 Å². The third kappa shape index (κ3) is 5.09. The Hall–Kier alpha value is -4.55. The fourth-order valence-electron chi connectivity index (χ4n) is 8.13. The summed E-state index contributed by atoms with van der Waals surface area (Å²) in [5.74, 6) is -2.34. The molecule has 3 aliphatic heterocycles. The van der Waals surface area contributed by atoms with Crippen molar-refractivity contribution in [1.29, 1.82) is 0 Å². The summed E-state index contributed by atoms with van der Waals surface area (Å²) in [6.07, 6.45) is 3.66. The van der Waals surface area contributed by atoms with Crippen molar-refractivity contribution >= 4 is 34.4 Å². The number of fused-ring (bicyclic) bond motifs is 2. The van der Waals surface area contributed by atoms with Crippen LogP contribution in [0.1, 0.15) is 34.1 Å². The highest BCUT2D eigenvalue weighted by atomic mass is 16.5. The van der Waals surface area contributed by atoms with Gasteiger partial charge in [0.2, 0.25) is 17.7 Å². The molecule has 1 spiro atoms. The highest BCUT2D eigenvalue weighted by Crippen LogP contribution is 2.66. The molecule has 3 unspecified atom stereocenters. The Bertz CT molecular complexity index is 1720. The van der Waals surface area contributed by atoms with E-state index in [-0.39, 0.29) is 50.0 Å². The van der Waals surface area contributed by atoms with Crippen LogP contribution in [0.4, 0.5) is 5.69 Å². The van der Waals surface area contributed by atoms with Crippen LogP contribution in [0.5, 0.6) is 5.75 Å². The number of aromatic nitrogens is 3. The second kappa shape index (κ2) is 12.8. The quantitative estimate of drug-likeness (QED) is 0.277. The lowest BCUT2D eigenvalue weighted by molar-refractivity contribution is -0.156. The van der Waals surface area contributed by atoms with Gasteiger partial charge in [-0.15, -0.1) is 18.3 Å². The van der Waals surface area contributed by atoms with Crippen molar-refractivity contribution in [2.45, 2.75) is 64.1 Å². The number of ether oxygens (including phenoxy) is 2. The van der Waals surface area contributed by atoms with E-state index in [0.717, 1.165) is 5.52 Å². The smallest absolute Gasteiger partial charge is 0.250 e. The molecule has 2 aromatic carbocycles. The average Bonchev–Trinajstić information content (AvgIpc) is 3.76. The number of nitrogens with zero attached hydrogens (tertiary/aromatic N) is 6. The molecule has 0 aliphatic carbocycles. The first kappa shape index (κ1) is 33.4. The molecular formula is C36H44N6O6. The van der Waals surface area contributed by atoms with Crippen molar-refractivity contribution in [3.05, 3.63) is 73.8 Å². The third-order valence-corrected chi connectivity index (χ3v) is 10.4. The van der Waals surface area contributed by atoms with Crippen LogP contribution in [0, 0.1) is 17.8 Å². The maximum Gasteiger partial charge on any atom is 0.250 e. The zero-order valence-corrected chi connectivity index (χ0v) is 28.0. The van der Waals surface area contributed by atoms with Gasteiger partial charge in [0.05, 0.1) is 42.2 Å². The molecule has 2 bridgehead atoms. The Morgan fingerprint density at radius 1 is 1.15 bits per heavy atom. The Morgan fingerprint density at radius 2 is 1.85 bits per heavy atom. The van der Waals surface area contributed by atoms with E-state index in [1.54, 1.807) is 45.7 Å². The summed E-state index contributed by atoms with van der Waals surface area (Å²) < 4.78 is 14.2. The standard InChI is InChI=1S/C36H44N6O6/c1-7-18-39(22-41-28-13-11-10-12-27(28)37-38-41)34(46)31-36-20-23(4)35(6,48-36)29(30(36)33(45)42(31)24(5)21-43)32(44)40(19-8-2)25-14-16-26(17-15-25)47-9-3/h7-8,10-17,23-24,29-31,43H,1-2,9,18-22H2,3-6H3/t23?,24-,29+,30+,31?,35-,36?/m1/s1. The van der Waals surface area contributed by atoms with Gasteiger partial charge in [-0.3, -0.25) is 14.4 Å². The van der Waals surface area contributed by atoms with Gasteiger partial charge in [-0.25, -0.2) is 4.68 Å². The van der Waals surface area contributed by atoms with Crippen LogP contribution in [0.2, 0.25) is 0 Å². The first-order chi connectivity index (χ1) is 23.1. The van der Waals surface area contributed by atoms with Crippen LogP contribution < -0.4 is 9.64 Å². The van der Waals surface area contributed by atoms with Crippen LogP contribution in [0.15, 0.2) is 73.8 Å². The van der Waals surface area contributed by atoms with Gasteiger partial charge in [-0.2, -0.15) is 0 Å². The highest BCUT2D eigenvalue weighted by molar-refractivity contribution is 6.03. The van der Waals surface area contributed by atoms with Crippen LogP contribution in [-0.4, -0.2) is 97.2 Å². The monoisotopic (exact) mass is 656 g/mol. The fourth-order valence-corrected chi connectivity index (χ4v) is 8.13. The predicted molar refractivity (Wildman–Crippen MR) is 180 cm³/mol. The average molecular weight is 657 g/mol. The topological polar surface area (TPSA) is 130 Å². The number of aliphatic hydroxyl groups excluding tert-OH is 1. The summed E-state index contributed by atoms with van der Waals surface area (Å²) in [6, 6.07) is 12.9. The molecule has 48 heavy (non-hydrogen) atoms. The van der Waals surface area contributed by atoms with E-state index >= 15 is 0 Å². The van der Waals surface area contributed by atoms with Gasteiger partial charge in [0.15, 0.2) is 0 Å². The lowest BCUT2D eigenvalue weighted by Gasteiger charge is -2.39. The second-order valence-corrected chi connectivity index (χ2v) is 13.2. The molecule has 0 radical (unpaired) electrons. The molecule has 3 fully saturated rings. The Kier molecular flexibility index (Phi) is 8.90. The van der Waals surface area contributed by atoms with Gasteiger partial charge in [0, 0.05) is 18.8 Å². The third-order valence-electron chi connectivity index (χ3n) is 10.4. The van der Waals surface area contributed by atoms with Crippen molar-refractivity contribution in [2.75, 3.05) is 31.2 Å². The Balaban J connectivity index is 1.41. The van der Waals surface area contributed by atoms with E-state index in [1.165, 1.54) is 4.90 Å². The number of hydrogen-bond acceptors (Lipinski definition) is 8. The van der Waals surface area contributed by atoms with Crippen molar-refractivity contribution in [2.24, 2.45) is 17.8 Å². The molecular weight excluding hydrogens is 612 g/mol. The molecule has 3 aromatic rings. The van der Waals surface area contributed by atoms with E-state index in [1.807, 2.05) is 57.2 Å². The van der Waals surface area contributed by atoms with Crippen LogP contribution >= 0.6 is 0 Å². The number of amides is 3. The molecule has 1 N–H and O–H groups in total. The van der Waals surface area contributed by atoms with Crippen LogP contribution in [0.3, 0.4) is 0 Å². The summed E-state index contributed by atoms with van der Waals surface area (Å²) in [5, 5.41) is 18.9. The van der Waals surface area contributed by atoms with Gasteiger partial charge >= 0.3 is 0 Å². The molecule has 7 atom stereocenters. The number of anilines is 1. The van der Waals surface area contributed by atoms with Gasteiger partial charge in [-0.1, -0.05) is 36.4 Å². The van der Waals surface area contributed by atoms with Gasteiger partial charge in [0.1, 0.15) is 29.6 Å². The van der Waals surface area contributed by atoms with E-state index in [0.29, 0.717) is 30.0 Å². The zero-order valence-electron chi connectivity index (χ0n) is 28.0. The number of aliphatic hydroxyl groups is 1. The number of carbonyl (C=O) groups excluding carboxylic acids is 3. The number of para-hydroxylation sites is 1. The molecule has 4 heterocycles. The minimum absolute atomic E-state index is 0.0538. The summed E-state index contributed by atoms with van der Waals surface area (Å²) in [5.41, 5.74) is -0.256. The van der Waals surface area contributed by atoms with Gasteiger partial charge in [-0.05, 0) is 69.5 Å². The zero-order chi connectivity index (χ0) is 34.4. The Morgan fingerprint density at radius 3 is 2.52 bits per heavy atom. The number of benzene rings is 2. The molecule has 6 rings (SSSR count). The van der Waals surface area contributed by atoms with Gasteiger partial charge in [0.25, 0.3) is 0 Å². The minimum Gasteiger partial charge on any atom is -0.494 e. The lowest BCUT2D eigenvalue weighted by atomic mass is 9.62. The number of rotatable bonds is 13. The van der Waals surface area contributed by atoms with E-state index in [4.69, 9.17) is 9.47 Å². The fraction of sp³-hybridized carbons (Fsp3) is 0.472. The molecule has 3 saturated heterocycles. The predicted octanol–water partition coefficient (Wildman–Crippen LogP) is 3.41. The first-order valence-corrected chi connectivity index (χ1v) is 16.5. The molecule has 254 valence electrons.